The lowest BCUT2D eigenvalue weighted by atomic mass is 9.98. The summed E-state index contributed by atoms with van der Waals surface area (Å²) in [6.45, 7) is 5.91. The Morgan fingerprint density at radius 1 is 1.22 bits per heavy atom. The fraction of sp³-hybridized carbons (Fsp3) is 0.455. The van der Waals surface area contributed by atoms with E-state index in [0.29, 0.717) is 17.1 Å². The largest absolute Gasteiger partial charge is 0.495 e. The minimum Gasteiger partial charge on any atom is -0.495 e. The number of rotatable bonds is 7. The van der Waals surface area contributed by atoms with Crippen LogP contribution in [0.5, 0.6) is 5.75 Å². The molecule has 0 atom stereocenters. The van der Waals surface area contributed by atoms with E-state index in [0.717, 1.165) is 50.0 Å². The van der Waals surface area contributed by atoms with Crippen LogP contribution in [0.1, 0.15) is 19.8 Å². The number of hydrogen-bond acceptors (Lipinski definition) is 7. The number of nitrogens with two attached hydrogens (primary N) is 1. The minimum atomic E-state index is -0.842. The zero-order valence-electron chi connectivity index (χ0n) is 18.4. The lowest BCUT2D eigenvalue weighted by Crippen LogP contribution is -2.42. The minimum absolute atomic E-state index is 0.00276. The lowest BCUT2D eigenvalue weighted by molar-refractivity contribution is 0.128. The molecule has 0 amide bonds. The van der Waals surface area contributed by atoms with Gasteiger partial charge < -0.3 is 20.1 Å². The lowest BCUT2D eigenvalue weighted by Gasteiger charge is -2.39. The average Bonchev–Trinajstić information content (AvgIpc) is 3.17. The van der Waals surface area contributed by atoms with Gasteiger partial charge in [0.25, 0.3) is 0 Å². The van der Waals surface area contributed by atoms with E-state index in [2.05, 4.69) is 21.8 Å². The van der Waals surface area contributed by atoms with Gasteiger partial charge in [-0.25, -0.2) is 9.37 Å². The number of piperidine rings is 1. The number of halogens is 2. The number of ether oxygens (including phenoxy) is 2. The second-order valence-corrected chi connectivity index (χ2v) is 9.79. The third-order valence-corrected chi connectivity index (χ3v) is 7.34. The van der Waals surface area contributed by atoms with Gasteiger partial charge >= 0.3 is 0 Å². The number of likely N-dealkylation sites (tertiary alicyclic amines) is 1. The number of imidazole rings is 1. The summed E-state index contributed by atoms with van der Waals surface area (Å²) in [4.78, 5) is 11.1. The Kier molecular flexibility index (Phi) is 6.55. The second-order valence-electron chi connectivity index (χ2n) is 8.16. The fourth-order valence-electron chi connectivity index (χ4n) is 3.92. The number of nitrogen functional groups attached to an aromatic ring is 1. The number of nitrogens with zero attached hydrogens (tertiary/aromatic N) is 4. The maximum absolute atomic E-state index is 14.5. The molecule has 10 heteroatoms. The van der Waals surface area contributed by atoms with Crippen molar-refractivity contribution in [1.29, 1.82) is 0 Å². The molecule has 0 aliphatic carbocycles. The first-order valence-corrected chi connectivity index (χ1v) is 11.2. The van der Waals surface area contributed by atoms with E-state index in [1.807, 2.05) is 12.3 Å². The highest BCUT2D eigenvalue weighted by atomic mass is 32.2. The van der Waals surface area contributed by atoms with Crippen molar-refractivity contribution in [3.05, 3.63) is 36.3 Å². The molecule has 32 heavy (non-hydrogen) atoms. The molecule has 0 spiro atoms. The van der Waals surface area contributed by atoms with E-state index >= 15 is 0 Å². The van der Waals surface area contributed by atoms with Crippen molar-refractivity contribution < 1.29 is 18.3 Å². The van der Waals surface area contributed by atoms with Crippen LogP contribution in [0.15, 0.2) is 29.4 Å². The van der Waals surface area contributed by atoms with Crippen molar-refractivity contribution in [1.82, 2.24) is 19.3 Å². The van der Waals surface area contributed by atoms with Crippen LogP contribution in [0.3, 0.4) is 0 Å². The summed E-state index contributed by atoms with van der Waals surface area (Å²) in [7, 11) is 3.34. The summed E-state index contributed by atoms with van der Waals surface area (Å²) in [6.07, 6.45) is 5.40. The first-order chi connectivity index (χ1) is 15.3. The number of methoxy groups -OCH3 is 2. The van der Waals surface area contributed by atoms with Crippen molar-refractivity contribution >= 4 is 23.2 Å². The van der Waals surface area contributed by atoms with Crippen molar-refractivity contribution in [2.75, 3.05) is 46.2 Å². The summed E-state index contributed by atoms with van der Waals surface area (Å²) in [5.41, 5.74) is 6.36. The van der Waals surface area contributed by atoms with E-state index < -0.39 is 17.6 Å². The van der Waals surface area contributed by atoms with E-state index in [4.69, 9.17) is 15.2 Å². The molecule has 7 nitrogen and oxygen atoms in total. The molecule has 172 valence electrons. The molecule has 0 bridgehead atoms. The quantitative estimate of drug-likeness (QED) is 0.533. The van der Waals surface area contributed by atoms with E-state index in [1.54, 1.807) is 30.4 Å². The number of thioether (sulfide) groups is 1. The summed E-state index contributed by atoms with van der Waals surface area (Å²) < 4.78 is 41.1. The van der Waals surface area contributed by atoms with Crippen LogP contribution in [-0.2, 0) is 4.74 Å². The molecular weight excluding hydrogens is 436 g/mol. The van der Waals surface area contributed by atoms with Gasteiger partial charge in [-0.1, -0.05) is 0 Å². The topological polar surface area (TPSA) is 77.9 Å². The highest BCUT2D eigenvalue weighted by Gasteiger charge is 2.32. The molecule has 1 fully saturated rings. The maximum atomic E-state index is 14.5. The summed E-state index contributed by atoms with van der Waals surface area (Å²) in [5.74, 6) is -1.38. The normalized spacial score (nSPS) is 16.5. The molecule has 2 N–H and O–H groups in total. The second kappa shape index (κ2) is 9.21. The number of fused-ring (bicyclic) bond motifs is 1. The zero-order chi connectivity index (χ0) is 22.9. The van der Waals surface area contributed by atoms with Gasteiger partial charge in [0.2, 0.25) is 5.95 Å². The number of hydrogen-bond donors (Lipinski definition) is 1. The molecule has 1 aliphatic rings. The molecule has 0 radical (unpaired) electrons. The maximum Gasteiger partial charge on any atom is 0.224 e. The number of anilines is 1. The van der Waals surface area contributed by atoms with Gasteiger partial charge in [-0.15, -0.1) is 11.8 Å². The van der Waals surface area contributed by atoms with E-state index in [-0.39, 0.29) is 10.3 Å². The first-order valence-electron chi connectivity index (χ1n) is 10.4. The van der Waals surface area contributed by atoms with Gasteiger partial charge in [0.1, 0.15) is 11.4 Å². The Morgan fingerprint density at radius 2 is 1.97 bits per heavy atom. The standard InChI is InChI=1S/C22H27F2N5O2S/c1-22(4-6-28(7-5-22)8-9-30-2)32-18-13-29-16(12-26-19(29)11-17(18)31-3)14-10-15(23)21(25)27-20(14)24/h10-13H,4-9H2,1-3H3,(H2,25,27). The highest BCUT2D eigenvalue weighted by molar-refractivity contribution is 8.00. The van der Waals surface area contributed by atoms with Crippen LogP contribution >= 0.6 is 11.8 Å². The van der Waals surface area contributed by atoms with Crippen molar-refractivity contribution in [2.45, 2.75) is 29.4 Å². The van der Waals surface area contributed by atoms with Crippen LogP contribution in [0.4, 0.5) is 14.6 Å². The van der Waals surface area contributed by atoms with E-state index in [9.17, 15) is 8.78 Å². The van der Waals surface area contributed by atoms with Gasteiger partial charge in [0.05, 0.1) is 36.1 Å². The number of pyridine rings is 2. The van der Waals surface area contributed by atoms with Crippen LogP contribution < -0.4 is 10.5 Å². The Labute approximate surface area is 189 Å². The SMILES string of the molecule is COCCN1CCC(C)(Sc2cn3c(-c4cc(F)c(N)nc4F)cnc3cc2OC)CC1. The predicted molar refractivity (Wildman–Crippen MR) is 121 cm³/mol. The smallest absolute Gasteiger partial charge is 0.224 e. The molecule has 1 saturated heterocycles. The molecule has 3 aromatic heterocycles. The van der Waals surface area contributed by atoms with Gasteiger partial charge in [-0.3, -0.25) is 4.40 Å². The molecule has 0 unspecified atom stereocenters. The molecule has 3 aromatic rings. The highest BCUT2D eigenvalue weighted by Crippen LogP contribution is 2.44. The third-order valence-electron chi connectivity index (χ3n) is 5.91. The van der Waals surface area contributed by atoms with Crippen LogP contribution in [0.25, 0.3) is 16.9 Å². The molecule has 0 saturated carbocycles. The van der Waals surface area contributed by atoms with Crippen LogP contribution in [0, 0.1) is 11.8 Å². The Balaban J connectivity index is 1.65. The predicted octanol–water partition coefficient (Wildman–Crippen LogP) is 3.86. The first kappa shape index (κ1) is 22.8. The number of aromatic nitrogens is 3. The third kappa shape index (κ3) is 4.53. The Morgan fingerprint density at radius 3 is 2.66 bits per heavy atom. The van der Waals surface area contributed by atoms with Crippen molar-refractivity contribution in [3.63, 3.8) is 0 Å². The van der Waals surface area contributed by atoms with Gasteiger partial charge in [-0.05, 0) is 38.9 Å². The zero-order valence-corrected chi connectivity index (χ0v) is 19.2. The van der Waals surface area contributed by atoms with Gasteiger partial charge in [0.15, 0.2) is 11.6 Å². The van der Waals surface area contributed by atoms with Crippen LogP contribution in [-0.4, -0.2) is 64.5 Å². The average molecular weight is 464 g/mol. The van der Waals surface area contributed by atoms with Gasteiger partial charge in [-0.2, -0.15) is 9.37 Å². The van der Waals surface area contributed by atoms with E-state index in [1.165, 1.54) is 6.20 Å². The summed E-state index contributed by atoms with van der Waals surface area (Å²) >= 11 is 1.74. The fourth-order valence-corrected chi connectivity index (χ4v) is 5.24. The molecule has 4 rings (SSSR count). The summed E-state index contributed by atoms with van der Waals surface area (Å²) in [6, 6.07) is 2.86. The molecular formula is C22H27F2N5O2S. The van der Waals surface area contributed by atoms with Gasteiger partial charge in [0, 0.05) is 30.7 Å². The van der Waals surface area contributed by atoms with Crippen molar-refractivity contribution in [2.24, 2.45) is 0 Å². The Bertz CT molecular complexity index is 1120. The monoisotopic (exact) mass is 463 g/mol. The van der Waals surface area contributed by atoms with Crippen molar-refractivity contribution in [3.8, 4) is 17.0 Å². The molecule has 0 aromatic carbocycles. The molecule has 4 heterocycles. The van der Waals surface area contributed by atoms with Crippen LogP contribution in [0.2, 0.25) is 0 Å². The molecule has 1 aliphatic heterocycles. The summed E-state index contributed by atoms with van der Waals surface area (Å²) in [5, 5.41) is 0. The Hall–Kier alpha value is -2.43.